The molecule has 2 aromatic heterocycles. The molecule has 3 rings (SSSR count). The van der Waals surface area contributed by atoms with Crippen molar-refractivity contribution in [1.29, 1.82) is 0 Å². The van der Waals surface area contributed by atoms with Gasteiger partial charge < -0.3 is 14.5 Å². The summed E-state index contributed by atoms with van der Waals surface area (Å²) in [7, 11) is 1.61. The Morgan fingerprint density at radius 3 is 2.81 bits per heavy atom. The second-order valence-electron chi connectivity index (χ2n) is 4.48. The highest BCUT2D eigenvalue weighted by molar-refractivity contribution is 5.77. The Balaban J connectivity index is 1.92. The van der Waals surface area contributed by atoms with Crippen molar-refractivity contribution in [3.05, 3.63) is 53.1 Å². The molecule has 0 fully saturated rings. The van der Waals surface area contributed by atoms with Gasteiger partial charge in [-0.15, -0.1) is 0 Å². The molecule has 21 heavy (non-hydrogen) atoms. The molecule has 0 amide bonds. The van der Waals surface area contributed by atoms with Gasteiger partial charge in [-0.25, -0.2) is 9.78 Å². The molecule has 1 N–H and O–H groups in total. The van der Waals surface area contributed by atoms with Crippen molar-refractivity contribution in [2.75, 3.05) is 20.3 Å². The lowest BCUT2D eigenvalue weighted by Gasteiger charge is -2.06. The number of para-hydroxylation sites is 2. The Hall–Kier alpha value is -2.60. The molecule has 0 radical (unpaired) electrons. The van der Waals surface area contributed by atoms with Crippen molar-refractivity contribution >= 4 is 11.0 Å². The Kier molecular flexibility index (Phi) is 3.70. The predicted octanol–water partition coefficient (Wildman–Crippen LogP) is 1.74. The molecule has 0 bridgehead atoms. The monoisotopic (exact) mass is 285 g/mol. The van der Waals surface area contributed by atoms with E-state index in [2.05, 4.69) is 9.97 Å². The zero-order valence-electron chi connectivity index (χ0n) is 11.6. The summed E-state index contributed by atoms with van der Waals surface area (Å²) in [5.74, 6) is 0.503. The van der Waals surface area contributed by atoms with E-state index >= 15 is 0 Å². The topological polar surface area (TPSA) is 69.1 Å². The standard InChI is InChI=1S/C15H15N3O3/c1-20-8-9-21-14-7-6-11(10-16-14)18-13-5-3-2-4-12(13)17-15(18)19/h2-7,10H,8-9H2,1H3,(H,17,19). The van der Waals surface area contributed by atoms with Crippen LogP contribution in [0.3, 0.4) is 0 Å². The van der Waals surface area contributed by atoms with Gasteiger partial charge in [-0.1, -0.05) is 12.1 Å². The summed E-state index contributed by atoms with van der Waals surface area (Å²) < 4.78 is 11.9. The Bertz CT molecular complexity index is 790. The van der Waals surface area contributed by atoms with Crippen LogP contribution in [0.4, 0.5) is 0 Å². The zero-order chi connectivity index (χ0) is 14.7. The van der Waals surface area contributed by atoms with Gasteiger partial charge in [0.05, 0.1) is 29.5 Å². The normalized spacial score (nSPS) is 10.9. The molecule has 6 heteroatoms. The SMILES string of the molecule is COCCOc1ccc(-n2c(=O)[nH]c3ccccc32)cn1. The van der Waals surface area contributed by atoms with Gasteiger partial charge in [0.25, 0.3) is 0 Å². The first-order chi connectivity index (χ1) is 10.3. The van der Waals surface area contributed by atoms with Crippen LogP contribution in [0.15, 0.2) is 47.4 Å². The highest BCUT2D eigenvalue weighted by Gasteiger charge is 2.08. The molecule has 0 saturated carbocycles. The van der Waals surface area contributed by atoms with E-state index in [1.165, 1.54) is 0 Å². The molecular formula is C15H15N3O3. The first kappa shape index (κ1) is 13.4. The molecule has 3 aromatic rings. The number of hydrogen-bond acceptors (Lipinski definition) is 4. The highest BCUT2D eigenvalue weighted by Crippen LogP contribution is 2.16. The van der Waals surface area contributed by atoms with Crippen LogP contribution >= 0.6 is 0 Å². The minimum Gasteiger partial charge on any atom is -0.475 e. The second-order valence-corrected chi connectivity index (χ2v) is 4.48. The van der Waals surface area contributed by atoms with E-state index in [0.717, 1.165) is 11.0 Å². The number of imidazole rings is 1. The molecule has 0 saturated heterocycles. The van der Waals surface area contributed by atoms with Crippen LogP contribution in [-0.4, -0.2) is 34.9 Å². The van der Waals surface area contributed by atoms with E-state index in [-0.39, 0.29) is 5.69 Å². The summed E-state index contributed by atoms with van der Waals surface area (Å²) in [6.07, 6.45) is 1.61. The molecule has 108 valence electrons. The van der Waals surface area contributed by atoms with Gasteiger partial charge in [-0.2, -0.15) is 0 Å². The van der Waals surface area contributed by atoms with Gasteiger partial charge in [0.2, 0.25) is 5.88 Å². The van der Waals surface area contributed by atoms with E-state index < -0.39 is 0 Å². The Labute approximate surface area is 121 Å². The molecule has 2 heterocycles. The maximum absolute atomic E-state index is 12.1. The molecule has 0 aliphatic heterocycles. The van der Waals surface area contributed by atoms with Gasteiger partial charge in [-0.05, 0) is 18.2 Å². The van der Waals surface area contributed by atoms with Crippen molar-refractivity contribution < 1.29 is 9.47 Å². The molecule has 0 aliphatic rings. The lowest BCUT2D eigenvalue weighted by molar-refractivity contribution is 0.144. The number of hydrogen-bond donors (Lipinski definition) is 1. The predicted molar refractivity (Wildman–Crippen MR) is 79.1 cm³/mol. The van der Waals surface area contributed by atoms with Crippen molar-refractivity contribution in [3.63, 3.8) is 0 Å². The van der Waals surface area contributed by atoms with Crippen molar-refractivity contribution in [1.82, 2.24) is 14.5 Å². The molecule has 0 aliphatic carbocycles. The van der Waals surface area contributed by atoms with Crippen LogP contribution < -0.4 is 10.4 Å². The summed E-state index contributed by atoms with van der Waals surface area (Å²) in [5, 5.41) is 0. The van der Waals surface area contributed by atoms with E-state index in [1.54, 1.807) is 30.0 Å². The second kappa shape index (κ2) is 5.80. The number of nitrogens with zero attached hydrogens (tertiary/aromatic N) is 2. The largest absolute Gasteiger partial charge is 0.475 e. The van der Waals surface area contributed by atoms with Crippen LogP contribution in [0.1, 0.15) is 0 Å². The lowest BCUT2D eigenvalue weighted by atomic mass is 10.3. The minimum atomic E-state index is -0.189. The molecule has 0 spiro atoms. The van der Waals surface area contributed by atoms with E-state index in [4.69, 9.17) is 9.47 Å². The third-order valence-corrected chi connectivity index (χ3v) is 3.11. The summed E-state index contributed by atoms with van der Waals surface area (Å²) in [4.78, 5) is 19.1. The summed E-state index contributed by atoms with van der Waals surface area (Å²) in [5.41, 5.74) is 2.11. The average molecular weight is 285 g/mol. The van der Waals surface area contributed by atoms with Crippen LogP contribution in [0.5, 0.6) is 5.88 Å². The Morgan fingerprint density at radius 1 is 1.19 bits per heavy atom. The van der Waals surface area contributed by atoms with Crippen molar-refractivity contribution in [2.24, 2.45) is 0 Å². The third-order valence-electron chi connectivity index (χ3n) is 3.11. The maximum Gasteiger partial charge on any atom is 0.331 e. The fraction of sp³-hybridized carbons (Fsp3) is 0.200. The number of nitrogens with one attached hydrogen (secondary N) is 1. The number of aromatic amines is 1. The number of benzene rings is 1. The molecular weight excluding hydrogens is 270 g/mol. The van der Waals surface area contributed by atoms with E-state index in [0.29, 0.717) is 24.8 Å². The molecule has 1 aromatic carbocycles. The molecule has 0 unspecified atom stereocenters. The lowest BCUT2D eigenvalue weighted by Crippen LogP contribution is -2.14. The van der Waals surface area contributed by atoms with Crippen LogP contribution in [0.2, 0.25) is 0 Å². The van der Waals surface area contributed by atoms with Crippen molar-refractivity contribution in [2.45, 2.75) is 0 Å². The quantitative estimate of drug-likeness (QED) is 0.725. The van der Waals surface area contributed by atoms with E-state index in [9.17, 15) is 4.79 Å². The number of methoxy groups -OCH3 is 1. The number of fused-ring (bicyclic) bond motifs is 1. The van der Waals surface area contributed by atoms with Gasteiger partial charge in [0, 0.05) is 13.2 Å². The third kappa shape index (κ3) is 2.66. The average Bonchev–Trinajstić information content (AvgIpc) is 2.84. The number of aromatic nitrogens is 3. The zero-order valence-corrected chi connectivity index (χ0v) is 11.6. The number of H-pyrrole nitrogens is 1. The first-order valence-corrected chi connectivity index (χ1v) is 6.57. The number of ether oxygens (including phenoxy) is 2. The Morgan fingerprint density at radius 2 is 2.05 bits per heavy atom. The minimum absolute atomic E-state index is 0.189. The van der Waals surface area contributed by atoms with Crippen LogP contribution in [0, 0.1) is 0 Å². The summed E-state index contributed by atoms with van der Waals surface area (Å²) in [6, 6.07) is 11.1. The van der Waals surface area contributed by atoms with Gasteiger partial charge in [0.15, 0.2) is 0 Å². The number of rotatable bonds is 5. The van der Waals surface area contributed by atoms with Crippen molar-refractivity contribution in [3.8, 4) is 11.6 Å². The fourth-order valence-corrected chi connectivity index (χ4v) is 2.13. The molecule has 6 nitrogen and oxygen atoms in total. The van der Waals surface area contributed by atoms with Gasteiger partial charge >= 0.3 is 5.69 Å². The van der Waals surface area contributed by atoms with Crippen LogP contribution in [-0.2, 0) is 4.74 Å². The highest BCUT2D eigenvalue weighted by atomic mass is 16.5. The van der Waals surface area contributed by atoms with Crippen LogP contribution in [0.25, 0.3) is 16.7 Å². The number of pyridine rings is 1. The maximum atomic E-state index is 12.1. The first-order valence-electron chi connectivity index (χ1n) is 6.57. The van der Waals surface area contributed by atoms with E-state index in [1.807, 2.05) is 24.3 Å². The summed E-state index contributed by atoms with van der Waals surface area (Å²) in [6.45, 7) is 0.946. The summed E-state index contributed by atoms with van der Waals surface area (Å²) >= 11 is 0. The molecule has 0 atom stereocenters. The smallest absolute Gasteiger partial charge is 0.331 e. The fourth-order valence-electron chi connectivity index (χ4n) is 2.13. The van der Waals surface area contributed by atoms with Gasteiger partial charge in [-0.3, -0.25) is 4.57 Å². The van der Waals surface area contributed by atoms with Gasteiger partial charge in [0.1, 0.15) is 6.61 Å².